The molecule has 0 spiro atoms. The van der Waals surface area contributed by atoms with Crippen LogP contribution in [0.15, 0.2) is 60.7 Å². The highest BCUT2D eigenvalue weighted by Gasteiger charge is 2.50. The summed E-state index contributed by atoms with van der Waals surface area (Å²) in [6.07, 6.45) is 2.04. The number of ether oxygens (including phenoxy) is 1. The highest BCUT2D eigenvalue weighted by Crippen LogP contribution is 2.36. The molecule has 0 radical (unpaired) electrons. The summed E-state index contributed by atoms with van der Waals surface area (Å²) >= 11 is 0. The number of amides is 1. The monoisotopic (exact) mass is 429 g/mol. The zero-order chi connectivity index (χ0) is 21.9. The molecule has 0 fully saturated rings. The third-order valence-corrected chi connectivity index (χ3v) is 10.2. The number of carbonyl (C=O) groups excluding carboxylic acids is 1. The van der Waals surface area contributed by atoms with E-state index in [9.17, 15) is 4.79 Å². The van der Waals surface area contributed by atoms with Gasteiger partial charge in [0.2, 0.25) is 0 Å². The predicted molar refractivity (Wildman–Crippen MR) is 124 cm³/mol. The fourth-order valence-electron chi connectivity index (χ4n) is 3.75. The first-order chi connectivity index (χ1) is 14.4. The van der Waals surface area contributed by atoms with Crippen LogP contribution in [0.2, 0.25) is 5.04 Å². The van der Waals surface area contributed by atoms with Gasteiger partial charge in [0.15, 0.2) is 0 Å². The predicted octanol–water partition coefficient (Wildman–Crippen LogP) is 3.45. The maximum Gasteiger partial charge on any atom is 0.407 e. The standard InChI is InChI=1S/C24H35NO4Si/c1-24(2,3)30(21-13-7-4-8-14-21,22-15-9-5-10-16-22)29-20-19-28-23(27)25-17-11-6-12-18-26/h4-5,7-10,13-16,26H,6,11-12,17-20H2,1-3H3,(H,25,27). The van der Waals surface area contributed by atoms with Crippen LogP contribution in [0.1, 0.15) is 40.0 Å². The second kappa shape index (κ2) is 11.9. The number of nitrogens with one attached hydrogen (secondary N) is 1. The van der Waals surface area contributed by atoms with Gasteiger partial charge in [0, 0.05) is 13.2 Å². The summed E-state index contributed by atoms with van der Waals surface area (Å²) in [5, 5.41) is 13.8. The minimum absolute atomic E-state index is 0.106. The van der Waals surface area contributed by atoms with Crippen molar-refractivity contribution in [2.75, 3.05) is 26.4 Å². The molecule has 0 saturated carbocycles. The average molecular weight is 430 g/mol. The van der Waals surface area contributed by atoms with Crippen LogP contribution in [-0.4, -0.2) is 45.9 Å². The van der Waals surface area contributed by atoms with Gasteiger partial charge in [0.05, 0.1) is 6.61 Å². The molecule has 5 nitrogen and oxygen atoms in total. The minimum atomic E-state index is -2.60. The van der Waals surface area contributed by atoms with Gasteiger partial charge in [-0.25, -0.2) is 4.79 Å². The second-order valence-corrected chi connectivity index (χ2v) is 12.7. The molecule has 30 heavy (non-hydrogen) atoms. The van der Waals surface area contributed by atoms with Gasteiger partial charge < -0.3 is 19.6 Å². The molecule has 2 aromatic rings. The van der Waals surface area contributed by atoms with Crippen LogP contribution < -0.4 is 15.7 Å². The van der Waals surface area contributed by atoms with Crippen LogP contribution >= 0.6 is 0 Å². The van der Waals surface area contributed by atoms with Crippen molar-refractivity contribution in [3.05, 3.63) is 60.7 Å². The first kappa shape index (κ1) is 24.1. The Bertz CT molecular complexity index is 707. The molecule has 0 heterocycles. The van der Waals surface area contributed by atoms with Gasteiger partial charge in [-0.05, 0) is 34.7 Å². The van der Waals surface area contributed by atoms with E-state index in [1.54, 1.807) is 0 Å². The van der Waals surface area contributed by atoms with Crippen LogP contribution in [0, 0.1) is 0 Å². The van der Waals surface area contributed by atoms with Crippen molar-refractivity contribution in [1.29, 1.82) is 0 Å². The summed E-state index contributed by atoms with van der Waals surface area (Å²) in [5.41, 5.74) is 0. The Kier molecular flexibility index (Phi) is 9.56. The fraction of sp³-hybridized carbons (Fsp3) is 0.458. The summed E-state index contributed by atoms with van der Waals surface area (Å²) < 4.78 is 12.0. The number of aliphatic hydroxyl groups is 1. The van der Waals surface area contributed by atoms with Crippen LogP contribution in [0.4, 0.5) is 4.79 Å². The first-order valence-electron chi connectivity index (χ1n) is 10.7. The molecule has 6 heteroatoms. The zero-order valence-electron chi connectivity index (χ0n) is 18.4. The van der Waals surface area contributed by atoms with E-state index in [1.807, 2.05) is 12.1 Å². The molecule has 0 aliphatic heterocycles. The summed E-state index contributed by atoms with van der Waals surface area (Å²) in [6, 6.07) is 20.8. The molecular weight excluding hydrogens is 394 g/mol. The highest BCUT2D eigenvalue weighted by atomic mass is 28.4. The Morgan fingerprint density at radius 3 is 1.97 bits per heavy atom. The van der Waals surface area contributed by atoms with Gasteiger partial charge in [0.25, 0.3) is 8.32 Å². The average Bonchev–Trinajstić information content (AvgIpc) is 2.74. The molecule has 2 aromatic carbocycles. The number of carbonyl (C=O) groups is 1. The quantitative estimate of drug-likeness (QED) is 0.424. The molecule has 0 aliphatic rings. The lowest BCUT2D eigenvalue weighted by molar-refractivity contribution is 0.122. The number of rotatable bonds is 11. The lowest BCUT2D eigenvalue weighted by Gasteiger charge is -2.43. The topological polar surface area (TPSA) is 67.8 Å². The largest absolute Gasteiger partial charge is 0.447 e. The number of aliphatic hydroxyl groups excluding tert-OH is 1. The van der Waals surface area contributed by atoms with E-state index in [-0.39, 0.29) is 18.3 Å². The van der Waals surface area contributed by atoms with E-state index in [1.165, 1.54) is 10.4 Å². The summed E-state index contributed by atoms with van der Waals surface area (Å²) in [4.78, 5) is 11.9. The molecule has 0 aliphatic carbocycles. The van der Waals surface area contributed by atoms with Crippen LogP contribution in [-0.2, 0) is 9.16 Å². The molecule has 0 unspecified atom stereocenters. The minimum Gasteiger partial charge on any atom is -0.447 e. The maximum absolute atomic E-state index is 11.9. The van der Waals surface area contributed by atoms with Crippen molar-refractivity contribution in [3.63, 3.8) is 0 Å². The van der Waals surface area contributed by atoms with Gasteiger partial charge in [-0.1, -0.05) is 81.4 Å². The number of unbranched alkanes of at least 4 members (excludes halogenated alkanes) is 2. The molecule has 164 valence electrons. The molecule has 1 amide bonds. The Morgan fingerprint density at radius 1 is 0.900 bits per heavy atom. The van der Waals surface area contributed by atoms with E-state index in [0.29, 0.717) is 13.2 Å². The van der Waals surface area contributed by atoms with Crippen molar-refractivity contribution in [1.82, 2.24) is 5.32 Å². The smallest absolute Gasteiger partial charge is 0.407 e. The van der Waals surface area contributed by atoms with Crippen molar-refractivity contribution < 1.29 is 19.1 Å². The molecule has 0 aromatic heterocycles. The van der Waals surface area contributed by atoms with Crippen molar-refractivity contribution >= 4 is 24.8 Å². The van der Waals surface area contributed by atoms with E-state index in [2.05, 4.69) is 74.6 Å². The first-order valence-corrected chi connectivity index (χ1v) is 12.6. The molecule has 0 bridgehead atoms. The Balaban J connectivity index is 2.06. The fourth-order valence-corrected chi connectivity index (χ4v) is 8.29. The summed E-state index contributed by atoms with van der Waals surface area (Å²) in [6.45, 7) is 7.94. The summed E-state index contributed by atoms with van der Waals surface area (Å²) in [7, 11) is -2.60. The van der Waals surface area contributed by atoms with Crippen molar-refractivity contribution in [2.24, 2.45) is 0 Å². The lowest BCUT2D eigenvalue weighted by Crippen LogP contribution is -2.66. The van der Waals surface area contributed by atoms with Gasteiger partial charge in [-0.15, -0.1) is 0 Å². The molecule has 0 atom stereocenters. The van der Waals surface area contributed by atoms with E-state index < -0.39 is 14.4 Å². The Labute approximate surface area is 181 Å². The molecule has 0 saturated heterocycles. The normalized spacial score (nSPS) is 11.9. The third-order valence-electron chi connectivity index (χ3n) is 5.16. The molecular formula is C24H35NO4Si. The lowest BCUT2D eigenvalue weighted by atomic mass is 10.2. The van der Waals surface area contributed by atoms with Crippen LogP contribution in [0.3, 0.4) is 0 Å². The zero-order valence-corrected chi connectivity index (χ0v) is 19.4. The van der Waals surface area contributed by atoms with Crippen molar-refractivity contribution in [2.45, 2.75) is 45.1 Å². The number of hydrogen-bond donors (Lipinski definition) is 2. The van der Waals surface area contributed by atoms with Gasteiger partial charge in [-0.3, -0.25) is 0 Å². The van der Waals surface area contributed by atoms with E-state index in [0.717, 1.165) is 19.3 Å². The maximum atomic E-state index is 11.9. The van der Waals surface area contributed by atoms with Crippen LogP contribution in [0.25, 0.3) is 0 Å². The summed E-state index contributed by atoms with van der Waals surface area (Å²) in [5.74, 6) is 0. The van der Waals surface area contributed by atoms with Gasteiger partial charge in [0.1, 0.15) is 6.61 Å². The number of alkyl carbamates (subject to hydrolysis) is 1. The Hall–Kier alpha value is -2.15. The van der Waals surface area contributed by atoms with E-state index in [4.69, 9.17) is 14.3 Å². The number of benzene rings is 2. The van der Waals surface area contributed by atoms with Gasteiger partial charge in [-0.2, -0.15) is 0 Å². The number of hydrogen-bond acceptors (Lipinski definition) is 4. The van der Waals surface area contributed by atoms with E-state index >= 15 is 0 Å². The van der Waals surface area contributed by atoms with Gasteiger partial charge >= 0.3 is 6.09 Å². The third kappa shape index (κ3) is 6.42. The van der Waals surface area contributed by atoms with Crippen molar-refractivity contribution in [3.8, 4) is 0 Å². The SMILES string of the molecule is CC(C)(C)[Si](OCCOC(=O)NCCCCCO)(c1ccccc1)c1ccccc1. The molecule has 2 N–H and O–H groups in total. The second-order valence-electron chi connectivity index (χ2n) is 8.36. The highest BCUT2D eigenvalue weighted by molar-refractivity contribution is 6.99. The van der Waals surface area contributed by atoms with Crippen LogP contribution in [0.5, 0.6) is 0 Å². The Morgan fingerprint density at radius 2 is 1.47 bits per heavy atom. The molecule has 2 rings (SSSR count).